The molecule has 1 amide bonds. The smallest absolute Gasteiger partial charge is 0.404 e. The summed E-state index contributed by atoms with van der Waals surface area (Å²) in [4.78, 5) is 10.5. The number of rotatable bonds is 5. The van der Waals surface area contributed by atoms with E-state index < -0.39 is 6.09 Å². The maximum atomic E-state index is 10.5. The largest absolute Gasteiger partial charge is 0.449 e. The standard InChI is InChI=1S/C11H15NO3/c1-14-7-10(8-15-11(12)13)9-5-3-2-4-6-9/h2-6,10H,7-8H2,1H3,(H2,12,13). The number of carbonyl (C=O) groups excluding carboxylic acids is 1. The van der Waals surface area contributed by atoms with Crippen LogP contribution in [-0.4, -0.2) is 26.4 Å². The Morgan fingerprint density at radius 3 is 2.53 bits per heavy atom. The van der Waals surface area contributed by atoms with Gasteiger partial charge in [0.2, 0.25) is 0 Å². The van der Waals surface area contributed by atoms with Crippen molar-refractivity contribution in [1.82, 2.24) is 0 Å². The molecule has 0 aromatic heterocycles. The van der Waals surface area contributed by atoms with Gasteiger partial charge in [-0.05, 0) is 5.56 Å². The van der Waals surface area contributed by atoms with Gasteiger partial charge in [0.15, 0.2) is 0 Å². The Morgan fingerprint density at radius 1 is 1.33 bits per heavy atom. The number of amides is 1. The van der Waals surface area contributed by atoms with Gasteiger partial charge in [0, 0.05) is 13.0 Å². The van der Waals surface area contributed by atoms with Crippen LogP contribution in [0.15, 0.2) is 30.3 Å². The van der Waals surface area contributed by atoms with Gasteiger partial charge in [0.1, 0.15) is 6.61 Å². The van der Waals surface area contributed by atoms with Gasteiger partial charge in [-0.1, -0.05) is 30.3 Å². The molecule has 1 aromatic carbocycles. The Kier molecular flexibility index (Phi) is 4.63. The van der Waals surface area contributed by atoms with Crippen LogP contribution in [0.3, 0.4) is 0 Å². The molecule has 0 aliphatic rings. The number of methoxy groups -OCH3 is 1. The minimum absolute atomic E-state index is 0.0312. The number of carbonyl (C=O) groups is 1. The molecule has 82 valence electrons. The second kappa shape index (κ2) is 6.03. The molecular weight excluding hydrogens is 194 g/mol. The van der Waals surface area contributed by atoms with Crippen molar-refractivity contribution >= 4 is 6.09 Å². The predicted molar refractivity (Wildman–Crippen MR) is 56.6 cm³/mol. The Hall–Kier alpha value is -1.55. The monoisotopic (exact) mass is 209 g/mol. The zero-order valence-corrected chi connectivity index (χ0v) is 8.68. The maximum Gasteiger partial charge on any atom is 0.404 e. The van der Waals surface area contributed by atoms with Gasteiger partial charge in [-0.3, -0.25) is 0 Å². The molecule has 1 unspecified atom stereocenters. The van der Waals surface area contributed by atoms with Crippen molar-refractivity contribution in [1.29, 1.82) is 0 Å². The summed E-state index contributed by atoms with van der Waals surface area (Å²) in [6, 6.07) is 9.73. The zero-order valence-electron chi connectivity index (χ0n) is 8.68. The van der Waals surface area contributed by atoms with Gasteiger partial charge in [-0.25, -0.2) is 4.79 Å². The van der Waals surface area contributed by atoms with Crippen LogP contribution in [0.2, 0.25) is 0 Å². The number of nitrogens with two attached hydrogens (primary N) is 1. The topological polar surface area (TPSA) is 61.6 Å². The molecule has 1 atom stereocenters. The fraction of sp³-hybridized carbons (Fsp3) is 0.364. The molecule has 4 heteroatoms. The van der Waals surface area contributed by atoms with E-state index in [-0.39, 0.29) is 12.5 Å². The summed E-state index contributed by atoms with van der Waals surface area (Å²) in [5.41, 5.74) is 5.98. The van der Waals surface area contributed by atoms with E-state index in [1.165, 1.54) is 0 Å². The van der Waals surface area contributed by atoms with Crippen molar-refractivity contribution in [2.24, 2.45) is 5.73 Å². The van der Waals surface area contributed by atoms with Crippen molar-refractivity contribution in [3.8, 4) is 0 Å². The number of primary amides is 1. The van der Waals surface area contributed by atoms with Crippen LogP contribution in [-0.2, 0) is 9.47 Å². The molecule has 1 rings (SSSR count). The summed E-state index contributed by atoms with van der Waals surface area (Å²) < 4.78 is 9.83. The minimum Gasteiger partial charge on any atom is -0.449 e. The molecule has 0 spiro atoms. The van der Waals surface area contributed by atoms with Crippen molar-refractivity contribution < 1.29 is 14.3 Å². The normalized spacial score (nSPS) is 12.1. The Morgan fingerprint density at radius 2 is 2.00 bits per heavy atom. The van der Waals surface area contributed by atoms with Gasteiger partial charge in [-0.2, -0.15) is 0 Å². The molecule has 0 radical (unpaired) electrons. The summed E-state index contributed by atoms with van der Waals surface area (Å²) in [7, 11) is 1.61. The molecule has 0 saturated carbocycles. The molecule has 15 heavy (non-hydrogen) atoms. The second-order valence-electron chi connectivity index (χ2n) is 3.19. The summed E-state index contributed by atoms with van der Waals surface area (Å²) in [5.74, 6) is 0.0312. The van der Waals surface area contributed by atoms with E-state index in [0.29, 0.717) is 6.61 Å². The molecule has 0 heterocycles. The van der Waals surface area contributed by atoms with Crippen LogP contribution in [0.25, 0.3) is 0 Å². The van der Waals surface area contributed by atoms with Crippen LogP contribution in [0.1, 0.15) is 11.5 Å². The summed E-state index contributed by atoms with van der Waals surface area (Å²) in [5, 5.41) is 0. The van der Waals surface area contributed by atoms with E-state index >= 15 is 0 Å². The van der Waals surface area contributed by atoms with E-state index in [4.69, 9.17) is 15.2 Å². The molecule has 0 aliphatic carbocycles. The molecule has 0 saturated heterocycles. The summed E-state index contributed by atoms with van der Waals surface area (Å²) >= 11 is 0. The lowest BCUT2D eigenvalue weighted by atomic mass is 10.0. The lowest BCUT2D eigenvalue weighted by Crippen LogP contribution is -2.20. The third kappa shape index (κ3) is 3.99. The quantitative estimate of drug-likeness (QED) is 0.799. The molecular formula is C11H15NO3. The third-order valence-corrected chi connectivity index (χ3v) is 2.07. The van der Waals surface area contributed by atoms with Crippen molar-refractivity contribution in [3.05, 3.63) is 35.9 Å². The fourth-order valence-corrected chi connectivity index (χ4v) is 1.35. The van der Waals surface area contributed by atoms with Crippen LogP contribution in [0.5, 0.6) is 0 Å². The Labute approximate surface area is 89.0 Å². The van der Waals surface area contributed by atoms with Crippen LogP contribution in [0.4, 0.5) is 4.79 Å². The van der Waals surface area contributed by atoms with E-state index in [1.54, 1.807) is 7.11 Å². The lowest BCUT2D eigenvalue weighted by Gasteiger charge is -2.15. The van der Waals surface area contributed by atoms with E-state index in [9.17, 15) is 4.79 Å². The van der Waals surface area contributed by atoms with Crippen molar-refractivity contribution in [2.75, 3.05) is 20.3 Å². The Bertz CT molecular complexity index is 300. The van der Waals surface area contributed by atoms with Crippen LogP contribution < -0.4 is 5.73 Å². The lowest BCUT2D eigenvalue weighted by molar-refractivity contribution is 0.116. The highest BCUT2D eigenvalue weighted by Crippen LogP contribution is 2.15. The fourth-order valence-electron chi connectivity index (χ4n) is 1.35. The van der Waals surface area contributed by atoms with Crippen molar-refractivity contribution in [2.45, 2.75) is 5.92 Å². The molecule has 2 N–H and O–H groups in total. The van der Waals surface area contributed by atoms with Gasteiger partial charge in [0.25, 0.3) is 0 Å². The third-order valence-electron chi connectivity index (χ3n) is 2.07. The average Bonchev–Trinajstić information content (AvgIpc) is 2.25. The number of benzene rings is 1. The zero-order chi connectivity index (χ0) is 11.1. The van der Waals surface area contributed by atoms with E-state index in [1.807, 2.05) is 30.3 Å². The first kappa shape index (κ1) is 11.5. The number of hydrogen-bond acceptors (Lipinski definition) is 3. The summed E-state index contributed by atoms with van der Waals surface area (Å²) in [6.07, 6.45) is -0.757. The highest BCUT2D eigenvalue weighted by atomic mass is 16.5. The molecule has 0 bridgehead atoms. The first-order valence-electron chi connectivity index (χ1n) is 4.70. The number of hydrogen-bond donors (Lipinski definition) is 1. The second-order valence-corrected chi connectivity index (χ2v) is 3.19. The highest BCUT2D eigenvalue weighted by molar-refractivity contribution is 5.64. The first-order valence-corrected chi connectivity index (χ1v) is 4.70. The molecule has 0 aliphatic heterocycles. The first-order chi connectivity index (χ1) is 7.24. The summed E-state index contributed by atoms with van der Waals surface area (Å²) in [6.45, 7) is 0.741. The SMILES string of the molecule is COCC(COC(N)=O)c1ccccc1. The van der Waals surface area contributed by atoms with Gasteiger partial charge < -0.3 is 15.2 Å². The Balaban J connectivity index is 2.61. The van der Waals surface area contributed by atoms with E-state index in [0.717, 1.165) is 5.56 Å². The highest BCUT2D eigenvalue weighted by Gasteiger charge is 2.12. The van der Waals surface area contributed by atoms with E-state index in [2.05, 4.69) is 0 Å². The van der Waals surface area contributed by atoms with Gasteiger partial charge in [-0.15, -0.1) is 0 Å². The number of ether oxygens (including phenoxy) is 2. The van der Waals surface area contributed by atoms with Crippen LogP contribution >= 0.6 is 0 Å². The van der Waals surface area contributed by atoms with Gasteiger partial charge >= 0.3 is 6.09 Å². The van der Waals surface area contributed by atoms with Crippen molar-refractivity contribution in [3.63, 3.8) is 0 Å². The average molecular weight is 209 g/mol. The maximum absolute atomic E-state index is 10.5. The van der Waals surface area contributed by atoms with Crippen LogP contribution in [0, 0.1) is 0 Å². The molecule has 0 fully saturated rings. The minimum atomic E-state index is -0.757. The molecule has 1 aromatic rings. The van der Waals surface area contributed by atoms with Gasteiger partial charge in [0.05, 0.1) is 6.61 Å². The predicted octanol–water partition coefficient (Wildman–Crippen LogP) is 1.51. The molecule has 4 nitrogen and oxygen atoms in total.